The molecule has 1 aromatic heterocycles. The second-order valence-corrected chi connectivity index (χ2v) is 6.26. The van der Waals surface area contributed by atoms with E-state index in [1.165, 1.54) is 0 Å². The van der Waals surface area contributed by atoms with Gasteiger partial charge in [0.25, 0.3) is 0 Å². The van der Waals surface area contributed by atoms with Crippen molar-refractivity contribution in [3.63, 3.8) is 0 Å². The van der Waals surface area contributed by atoms with Crippen LogP contribution in [0.15, 0.2) is 22.6 Å². The minimum absolute atomic E-state index is 0.0746. The van der Waals surface area contributed by atoms with E-state index in [-0.39, 0.29) is 11.4 Å². The summed E-state index contributed by atoms with van der Waals surface area (Å²) < 4.78 is 16.5. The van der Waals surface area contributed by atoms with Crippen molar-refractivity contribution in [3.05, 3.63) is 29.5 Å². The Balaban J connectivity index is 2.36. The Bertz CT molecular complexity index is 647. The number of carbonyl (C=O) groups excluding carboxylic acids is 1. The van der Waals surface area contributed by atoms with Gasteiger partial charge >= 0.3 is 5.97 Å². The standard InChI is InChI=1S/C17H22O4/c1-6-19-16(18)15-11(2)21-14-8-7-12(9-13(14)15)20-10-17(3,4)5/h7-9H,6,10H2,1-5H3. The SMILES string of the molecule is CCOC(=O)c1c(C)oc2ccc(OCC(C)(C)C)cc12. The second kappa shape index (κ2) is 5.80. The Kier molecular flexibility index (Phi) is 4.26. The van der Waals surface area contributed by atoms with Crippen molar-refractivity contribution >= 4 is 16.9 Å². The molecule has 2 rings (SSSR count). The average molecular weight is 290 g/mol. The van der Waals surface area contributed by atoms with E-state index in [1.54, 1.807) is 13.8 Å². The number of hydrogen-bond donors (Lipinski definition) is 0. The van der Waals surface area contributed by atoms with Gasteiger partial charge in [0.2, 0.25) is 0 Å². The van der Waals surface area contributed by atoms with Gasteiger partial charge in [0, 0.05) is 5.39 Å². The van der Waals surface area contributed by atoms with Crippen LogP contribution in [0, 0.1) is 12.3 Å². The van der Waals surface area contributed by atoms with E-state index in [0.717, 1.165) is 11.1 Å². The molecule has 0 unspecified atom stereocenters. The first-order chi connectivity index (χ1) is 9.81. The summed E-state index contributed by atoms with van der Waals surface area (Å²) >= 11 is 0. The second-order valence-electron chi connectivity index (χ2n) is 6.26. The van der Waals surface area contributed by atoms with Gasteiger partial charge in [-0.1, -0.05) is 20.8 Å². The maximum absolute atomic E-state index is 12.0. The number of esters is 1. The molecule has 0 radical (unpaired) electrons. The van der Waals surface area contributed by atoms with Gasteiger partial charge in [-0.15, -0.1) is 0 Å². The van der Waals surface area contributed by atoms with E-state index in [9.17, 15) is 4.79 Å². The van der Waals surface area contributed by atoms with Gasteiger partial charge in [-0.05, 0) is 37.5 Å². The zero-order valence-corrected chi connectivity index (χ0v) is 13.3. The first-order valence-corrected chi connectivity index (χ1v) is 7.15. The molecule has 1 heterocycles. The third kappa shape index (κ3) is 3.57. The molecule has 0 fully saturated rings. The molecule has 0 bridgehead atoms. The van der Waals surface area contributed by atoms with Gasteiger partial charge in [-0.25, -0.2) is 4.79 Å². The fraction of sp³-hybridized carbons (Fsp3) is 0.471. The molecule has 0 saturated carbocycles. The van der Waals surface area contributed by atoms with Crippen LogP contribution in [-0.4, -0.2) is 19.2 Å². The van der Waals surface area contributed by atoms with Crippen LogP contribution in [0.1, 0.15) is 43.8 Å². The van der Waals surface area contributed by atoms with Gasteiger partial charge in [0.1, 0.15) is 22.7 Å². The monoisotopic (exact) mass is 290 g/mol. The predicted molar refractivity (Wildman–Crippen MR) is 81.9 cm³/mol. The molecule has 0 aliphatic rings. The van der Waals surface area contributed by atoms with E-state index >= 15 is 0 Å². The Hall–Kier alpha value is -1.97. The van der Waals surface area contributed by atoms with Crippen LogP contribution < -0.4 is 4.74 Å². The fourth-order valence-corrected chi connectivity index (χ4v) is 2.05. The van der Waals surface area contributed by atoms with Crippen molar-refractivity contribution in [3.8, 4) is 5.75 Å². The van der Waals surface area contributed by atoms with Crippen molar-refractivity contribution in [1.82, 2.24) is 0 Å². The summed E-state index contributed by atoms with van der Waals surface area (Å²) in [5, 5.41) is 0.734. The van der Waals surface area contributed by atoms with Crippen LogP contribution in [0.4, 0.5) is 0 Å². The molecule has 0 atom stereocenters. The van der Waals surface area contributed by atoms with Crippen LogP contribution in [0.5, 0.6) is 5.75 Å². The molecule has 0 spiro atoms. The first-order valence-electron chi connectivity index (χ1n) is 7.15. The quantitative estimate of drug-likeness (QED) is 0.786. The van der Waals surface area contributed by atoms with Crippen LogP contribution >= 0.6 is 0 Å². The minimum Gasteiger partial charge on any atom is -0.493 e. The zero-order valence-electron chi connectivity index (χ0n) is 13.3. The van der Waals surface area contributed by atoms with Gasteiger partial charge in [-0.3, -0.25) is 0 Å². The normalized spacial score (nSPS) is 11.7. The van der Waals surface area contributed by atoms with Crippen molar-refractivity contribution in [2.45, 2.75) is 34.6 Å². The van der Waals surface area contributed by atoms with E-state index < -0.39 is 0 Å². The Morgan fingerprint density at radius 3 is 2.62 bits per heavy atom. The maximum atomic E-state index is 12.0. The summed E-state index contributed by atoms with van der Waals surface area (Å²) in [6, 6.07) is 5.51. The number of hydrogen-bond acceptors (Lipinski definition) is 4. The molecular formula is C17H22O4. The third-order valence-electron chi connectivity index (χ3n) is 2.99. The summed E-state index contributed by atoms with van der Waals surface area (Å²) in [7, 11) is 0. The molecular weight excluding hydrogens is 268 g/mol. The highest BCUT2D eigenvalue weighted by atomic mass is 16.5. The summed E-state index contributed by atoms with van der Waals surface area (Å²) in [6.07, 6.45) is 0. The lowest BCUT2D eigenvalue weighted by molar-refractivity contribution is 0.0526. The van der Waals surface area contributed by atoms with Crippen LogP contribution in [0.2, 0.25) is 0 Å². The van der Waals surface area contributed by atoms with Gasteiger partial charge < -0.3 is 13.9 Å². The largest absolute Gasteiger partial charge is 0.493 e. The maximum Gasteiger partial charge on any atom is 0.342 e. The van der Waals surface area contributed by atoms with Crippen LogP contribution in [-0.2, 0) is 4.74 Å². The number of rotatable bonds is 4. The van der Waals surface area contributed by atoms with Gasteiger partial charge in [0.15, 0.2) is 0 Å². The molecule has 0 aliphatic carbocycles. The Morgan fingerprint density at radius 1 is 1.29 bits per heavy atom. The van der Waals surface area contributed by atoms with Crippen molar-refractivity contribution in [2.24, 2.45) is 5.41 Å². The molecule has 114 valence electrons. The number of carbonyl (C=O) groups is 1. The van der Waals surface area contributed by atoms with E-state index in [4.69, 9.17) is 13.9 Å². The number of aryl methyl sites for hydroxylation is 1. The summed E-state index contributed by atoms with van der Waals surface area (Å²) in [5.41, 5.74) is 1.22. The third-order valence-corrected chi connectivity index (χ3v) is 2.99. The van der Waals surface area contributed by atoms with E-state index in [1.807, 2.05) is 18.2 Å². The zero-order chi connectivity index (χ0) is 15.6. The number of ether oxygens (including phenoxy) is 2. The molecule has 0 aliphatic heterocycles. The van der Waals surface area contributed by atoms with Crippen LogP contribution in [0.3, 0.4) is 0 Å². The molecule has 0 N–H and O–H groups in total. The van der Waals surface area contributed by atoms with Crippen molar-refractivity contribution in [1.29, 1.82) is 0 Å². The topological polar surface area (TPSA) is 48.7 Å². The van der Waals surface area contributed by atoms with E-state index in [0.29, 0.717) is 30.1 Å². The smallest absolute Gasteiger partial charge is 0.342 e. The Labute approximate surface area is 125 Å². The summed E-state index contributed by atoms with van der Waals surface area (Å²) in [4.78, 5) is 12.0. The number of benzene rings is 1. The first kappa shape index (κ1) is 15.4. The minimum atomic E-state index is -0.360. The lowest BCUT2D eigenvalue weighted by Crippen LogP contribution is -2.16. The molecule has 0 amide bonds. The molecule has 21 heavy (non-hydrogen) atoms. The molecule has 4 nitrogen and oxygen atoms in total. The van der Waals surface area contributed by atoms with E-state index in [2.05, 4.69) is 20.8 Å². The van der Waals surface area contributed by atoms with Crippen LogP contribution in [0.25, 0.3) is 11.0 Å². The summed E-state index contributed by atoms with van der Waals surface area (Å²) in [6.45, 7) is 10.8. The van der Waals surface area contributed by atoms with Crippen molar-refractivity contribution < 1.29 is 18.7 Å². The molecule has 4 heteroatoms. The highest BCUT2D eigenvalue weighted by Crippen LogP contribution is 2.30. The lowest BCUT2D eigenvalue weighted by atomic mass is 9.99. The molecule has 2 aromatic rings. The highest BCUT2D eigenvalue weighted by molar-refractivity contribution is 6.04. The fourth-order valence-electron chi connectivity index (χ4n) is 2.05. The molecule has 1 aromatic carbocycles. The predicted octanol–water partition coefficient (Wildman–Crippen LogP) is 4.34. The Morgan fingerprint density at radius 2 is 2.00 bits per heavy atom. The number of furan rings is 1. The molecule has 0 saturated heterocycles. The van der Waals surface area contributed by atoms with Crippen molar-refractivity contribution in [2.75, 3.05) is 13.2 Å². The van der Waals surface area contributed by atoms with Gasteiger partial charge in [-0.2, -0.15) is 0 Å². The van der Waals surface area contributed by atoms with Gasteiger partial charge in [0.05, 0.1) is 13.2 Å². The number of fused-ring (bicyclic) bond motifs is 1. The highest BCUT2D eigenvalue weighted by Gasteiger charge is 2.20. The lowest BCUT2D eigenvalue weighted by Gasteiger charge is -2.18. The average Bonchev–Trinajstić information content (AvgIpc) is 2.71. The summed E-state index contributed by atoms with van der Waals surface area (Å²) in [5.74, 6) is 0.932.